The van der Waals surface area contributed by atoms with Gasteiger partial charge in [-0.25, -0.2) is 0 Å². The van der Waals surface area contributed by atoms with Gasteiger partial charge in [0.25, 0.3) is 0 Å². The fraction of sp³-hybridized carbons (Fsp3) is 0.571. The van der Waals surface area contributed by atoms with E-state index < -0.39 is 0 Å². The quantitative estimate of drug-likeness (QED) is 0.422. The molecular formula is C14H24SSn. The molecule has 0 aliphatic rings. The van der Waals surface area contributed by atoms with E-state index in [0.29, 0.717) is 0 Å². The third kappa shape index (κ3) is 8.24. The molecule has 90 valence electrons. The summed E-state index contributed by atoms with van der Waals surface area (Å²) in [7, 11) is 0. The number of hydrogen-bond acceptors (Lipinski definition) is 1. The third-order valence-corrected chi connectivity index (χ3v) is 3.17. The van der Waals surface area contributed by atoms with Gasteiger partial charge in [0.15, 0.2) is 0 Å². The predicted molar refractivity (Wildman–Crippen MR) is 80.5 cm³/mol. The summed E-state index contributed by atoms with van der Waals surface area (Å²) in [5.74, 6) is 6.43. The first-order valence-electron chi connectivity index (χ1n) is 5.96. The van der Waals surface area contributed by atoms with E-state index in [1.54, 1.807) is 11.3 Å². The molecule has 1 heterocycles. The van der Waals surface area contributed by atoms with Crippen LogP contribution in [-0.4, -0.2) is 23.9 Å². The summed E-state index contributed by atoms with van der Waals surface area (Å²) in [6, 6.07) is 4.14. The van der Waals surface area contributed by atoms with E-state index in [0.717, 1.165) is 6.42 Å². The van der Waals surface area contributed by atoms with Crippen LogP contribution >= 0.6 is 11.3 Å². The molecule has 0 atom stereocenters. The summed E-state index contributed by atoms with van der Waals surface area (Å²) < 4.78 is 0. The van der Waals surface area contributed by atoms with Gasteiger partial charge in [-0.1, -0.05) is 56.9 Å². The van der Waals surface area contributed by atoms with Gasteiger partial charge >= 0.3 is 23.9 Å². The summed E-state index contributed by atoms with van der Waals surface area (Å²) in [5.41, 5.74) is 0. The summed E-state index contributed by atoms with van der Waals surface area (Å²) in [6.45, 7) is 2.26. The van der Waals surface area contributed by atoms with Crippen molar-refractivity contribution in [1.82, 2.24) is 0 Å². The van der Waals surface area contributed by atoms with E-state index in [9.17, 15) is 0 Å². The molecule has 0 N–H and O–H groups in total. The molecule has 1 aromatic heterocycles. The van der Waals surface area contributed by atoms with Gasteiger partial charge in [0.1, 0.15) is 0 Å². The fourth-order valence-corrected chi connectivity index (χ4v) is 2.08. The van der Waals surface area contributed by atoms with Crippen molar-refractivity contribution in [2.45, 2.75) is 51.9 Å². The van der Waals surface area contributed by atoms with E-state index in [2.05, 4.69) is 36.3 Å². The predicted octanol–water partition coefficient (Wildman–Crippen LogP) is 3.40. The molecule has 0 bridgehead atoms. The minimum absolute atomic E-state index is 0. The first-order chi connectivity index (χ1) is 7.43. The Morgan fingerprint density at radius 3 is 2.56 bits per heavy atom. The molecule has 2 heteroatoms. The second-order valence-electron chi connectivity index (χ2n) is 3.80. The molecule has 0 nitrogen and oxygen atoms in total. The Bertz CT molecular complexity index is 292. The van der Waals surface area contributed by atoms with Gasteiger partial charge in [0.2, 0.25) is 0 Å². The van der Waals surface area contributed by atoms with Gasteiger partial charge in [-0.05, 0) is 17.9 Å². The molecule has 0 radical (unpaired) electrons. The van der Waals surface area contributed by atoms with Gasteiger partial charge in [-0.3, -0.25) is 0 Å². The minimum atomic E-state index is 0. The van der Waals surface area contributed by atoms with Crippen LogP contribution in [0.1, 0.15) is 56.7 Å². The zero-order chi connectivity index (χ0) is 10.8. The normalized spacial score (nSPS) is 9.06. The first-order valence-corrected chi connectivity index (χ1v) is 6.84. The van der Waals surface area contributed by atoms with Crippen LogP contribution in [0.2, 0.25) is 0 Å². The molecule has 0 amide bonds. The third-order valence-electron chi connectivity index (χ3n) is 2.39. The van der Waals surface area contributed by atoms with Crippen LogP contribution in [0, 0.1) is 11.8 Å². The maximum absolute atomic E-state index is 3.24. The summed E-state index contributed by atoms with van der Waals surface area (Å²) in [5, 5.41) is 2.08. The Morgan fingerprint density at radius 1 is 1.12 bits per heavy atom. The van der Waals surface area contributed by atoms with Crippen molar-refractivity contribution in [3.05, 3.63) is 22.4 Å². The molecule has 0 fully saturated rings. The van der Waals surface area contributed by atoms with E-state index in [4.69, 9.17) is 0 Å². The van der Waals surface area contributed by atoms with Gasteiger partial charge < -0.3 is 0 Å². The van der Waals surface area contributed by atoms with Crippen molar-refractivity contribution in [3.8, 4) is 11.8 Å². The van der Waals surface area contributed by atoms with Crippen LogP contribution in [0.25, 0.3) is 0 Å². The van der Waals surface area contributed by atoms with Gasteiger partial charge in [-0.15, -0.1) is 11.3 Å². The number of rotatable bonds is 6. The Kier molecular flexibility index (Phi) is 11.6. The Balaban J connectivity index is 0.00000225. The van der Waals surface area contributed by atoms with Crippen LogP contribution < -0.4 is 0 Å². The summed E-state index contributed by atoms with van der Waals surface area (Å²) in [4.78, 5) is 1.20. The molecule has 0 aromatic carbocycles. The van der Waals surface area contributed by atoms with E-state index in [1.165, 1.54) is 43.4 Å². The molecule has 1 aromatic rings. The average Bonchev–Trinajstić information content (AvgIpc) is 2.75. The molecule has 0 saturated carbocycles. The first kappa shape index (κ1) is 16.1. The Morgan fingerprint density at radius 2 is 1.88 bits per heavy atom. The Hall–Kier alpha value is 0.0587. The van der Waals surface area contributed by atoms with Gasteiger partial charge in [-0.2, -0.15) is 0 Å². The monoisotopic (exact) mass is 344 g/mol. The second kappa shape index (κ2) is 11.5. The van der Waals surface area contributed by atoms with Crippen molar-refractivity contribution in [2.24, 2.45) is 0 Å². The van der Waals surface area contributed by atoms with E-state index in [1.807, 2.05) is 0 Å². The fourth-order valence-electron chi connectivity index (χ4n) is 1.49. The number of unbranched alkanes of at least 4 members (excludes halogenated alkanes) is 6. The van der Waals surface area contributed by atoms with Crippen LogP contribution in [0.15, 0.2) is 17.5 Å². The molecular weight excluding hydrogens is 319 g/mol. The van der Waals surface area contributed by atoms with Gasteiger partial charge in [0.05, 0.1) is 4.88 Å². The molecule has 0 unspecified atom stereocenters. The molecule has 0 aliphatic carbocycles. The van der Waals surface area contributed by atoms with Crippen LogP contribution in [0.3, 0.4) is 0 Å². The summed E-state index contributed by atoms with van der Waals surface area (Å²) >= 11 is 1.72. The zero-order valence-electron chi connectivity index (χ0n) is 9.59. The van der Waals surface area contributed by atoms with Crippen molar-refractivity contribution in [2.75, 3.05) is 0 Å². The Labute approximate surface area is 121 Å². The standard InChI is InChI=1S/C14H20S.Sn.4H/c1-2-3-4-5-6-7-8-9-11-14-12-10-13-15-14;;;;;/h10,12-13H,2-8H2,1H3;;;;;. The number of hydrogen-bond donors (Lipinski definition) is 0. The van der Waals surface area contributed by atoms with Crippen molar-refractivity contribution >= 4 is 35.2 Å². The van der Waals surface area contributed by atoms with E-state index >= 15 is 0 Å². The topological polar surface area (TPSA) is 0 Å². The summed E-state index contributed by atoms with van der Waals surface area (Å²) in [6.07, 6.45) is 9.17. The number of thiophene rings is 1. The van der Waals surface area contributed by atoms with Crippen molar-refractivity contribution < 1.29 is 0 Å². The SMILES string of the molecule is CCCCCCCCC#Cc1cccs1.[SnH4]. The average molecular weight is 343 g/mol. The molecule has 1 rings (SSSR count). The van der Waals surface area contributed by atoms with E-state index in [-0.39, 0.29) is 23.9 Å². The second-order valence-corrected chi connectivity index (χ2v) is 4.74. The molecule has 0 saturated heterocycles. The van der Waals surface area contributed by atoms with Crippen molar-refractivity contribution in [1.29, 1.82) is 0 Å². The molecule has 16 heavy (non-hydrogen) atoms. The zero-order valence-corrected chi connectivity index (χ0v) is 10.4. The maximum atomic E-state index is 3.24. The molecule has 0 spiro atoms. The van der Waals surface area contributed by atoms with Gasteiger partial charge in [0, 0.05) is 6.42 Å². The van der Waals surface area contributed by atoms with Crippen LogP contribution in [-0.2, 0) is 0 Å². The van der Waals surface area contributed by atoms with Crippen LogP contribution in [0.5, 0.6) is 0 Å². The van der Waals surface area contributed by atoms with Crippen molar-refractivity contribution in [3.63, 3.8) is 0 Å². The molecule has 0 aliphatic heterocycles. The van der Waals surface area contributed by atoms with Crippen LogP contribution in [0.4, 0.5) is 0 Å².